The number of carbonyl (C=O) groups is 3. The number of carboxylic acid groups (broad SMARTS) is 1. The van der Waals surface area contributed by atoms with Gasteiger partial charge in [-0.15, -0.1) is 0 Å². The van der Waals surface area contributed by atoms with E-state index >= 15 is 0 Å². The first-order chi connectivity index (χ1) is 5.09. The van der Waals surface area contributed by atoms with Crippen LogP contribution in [0.1, 0.15) is 12.8 Å². The summed E-state index contributed by atoms with van der Waals surface area (Å²) in [7, 11) is 0. The number of esters is 1. The van der Waals surface area contributed by atoms with Gasteiger partial charge in [0, 0.05) is 0 Å². The van der Waals surface area contributed by atoms with Crippen molar-refractivity contribution in [3.63, 3.8) is 0 Å². The smallest absolute Gasteiger partial charge is 0.345 e. The van der Waals surface area contributed by atoms with Crippen molar-refractivity contribution in [2.24, 2.45) is 0 Å². The molecule has 0 aromatic rings. The number of ketones is 1. The predicted octanol–water partition coefficient (Wildman–Crippen LogP) is -0.654. The summed E-state index contributed by atoms with van der Waals surface area (Å²) < 4.78 is 4.36. The number of ether oxygens (including phenoxy) is 1. The van der Waals surface area contributed by atoms with Gasteiger partial charge in [-0.25, -0.2) is 4.79 Å². The number of aliphatic carboxylic acids is 1. The first-order valence-corrected chi connectivity index (χ1v) is 3.03. The SMILES string of the molecule is O=C1CC(=O)O[C@H](C(=O)O)C1. The Labute approximate surface area is 62.0 Å². The van der Waals surface area contributed by atoms with E-state index in [4.69, 9.17) is 5.11 Å². The molecule has 1 aliphatic rings. The first kappa shape index (κ1) is 7.71. The van der Waals surface area contributed by atoms with Gasteiger partial charge in [0.25, 0.3) is 0 Å². The van der Waals surface area contributed by atoms with Gasteiger partial charge < -0.3 is 9.84 Å². The summed E-state index contributed by atoms with van der Waals surface area (Å²) in [5.74, 6) is -2.41. The molecule has 11 heavy (non-hydrogen) atoms. The van der Waals surface area contributed by atoms with E-state index in [-0.39, 0.29) is 18.6 Å². The minimum atomic E-state index is -1.27. The Morgan fingerprint density at radius 3 is 2.64 bits per heavy atom. The molecule has 0 radical (unpaired) electrons. The molecular weight excluding hydrogens is 152 g/mol. The Morgan fingerprint density at radius 2 is 2.18 bits per heavy atom. The van der Waals surface area contributed by atoms with Crippen molar-refractivity contribution in [2.45, 2.75) is 18.9 Å². The molecule has 1 saturated heterocycles. The van der Waals surface area contributed by atoms with Gasteiger partial charge in [0.05, 0.1) is 6.42 Å². The fourth-order valence-electron chi connectivity index (χ4n) is 0.820. The minimum Gasteiger partial charge on any atom is -0.478 e. The standard InChI is InChI=1S/C6H6O5/c7-3-1-4(6(9)10)11-5(8)2-3/h4H,1-2H2,(H,9,10)/t4-/m0/s1. The largest absolute Gasteiger partial charge is 0.478 e. The topological polar surface area (TPSA) is 80.7 Å². The highest BCUT2D eigenvalue weighted by molar-refractivity contribution is 6.00. The number of rotatable bonds is 1. The Kier molecular flexibility index (Phi) is 1.89. The van der Waals surface area contributed by atoms with Crippen molar-refractivity contribution in [2.75, 3.05) is 0 Å². The Hall–Kier alpha value is -1.39. The molecule has 1 atom stereocenters. The number of hydrogen-bond acceptors (Lipinski definition) is 4. The van der Waals surface area contributed by atoms with E-state index in [2.05, 4.69) is 4.74 Å². The lowest BCUT2D eigenvalue weighted by Crippen LogP contribution is -2.35. The van der Waals surface area contributed by atoms with Crippen molar-refractivity contribution in [3.8, 4) is 0 Å². The highest BCUT2D eigenvalue weighted by Crippen LogP contribution is 2.10. The lowest BCUT2D eigenvalue weighted by molar-refractivity contribution is -0.170. The van der Waals surface area contributed by atoms with Crippen LogP contribution < -0.4 is 0 Å². The van der Waals surface area contributed by atoms with E-state index in [1.807, 2.05) is 0 Å². The molecule has 1 rings (SSSR count). The van der Waals surface area contributed by atoms with Crippen LogP contribution in [0.3, 0.4) is 0 Å². The second-order valence-electron chi connectivity index (χ2n) is 2.24. The molecular formula is C6H6O5. The fourth-order valence-corrected chi connectivity index (χ4v) is 0.820. The number of carbonyl (C=O) groups excluding carboxylic acids is 2. The lowest BCUT2D eigenvalue weighted by Gasteiger charge is -2.16. The van der Waals surface area contributed by atoms with Crippen LogP contribution in [0.15, 0.2) is 0 Å². The van der Waals surface area contributed by atoms with Crippen molar-refractivity contribution in [1.29, 1.82) is 0 Å². The molecule has 60 valence electrons. The Morgan fingerprint density at radius 1 is 1.55 bits per heavy atom. The van der Waals surface area contributed by atoms with Crippen molar-refractivity contribution < 1.29 is 24.2 Å². The van der Waals surface area contributed by atoms with Gasteiger partial charge in [-0.05, 0) is 0 Å². The highest BCUT2D eigenvalue weighted by atomic mass is 16.6. The summed E-state index contributed by atoms with van der Waals surface area (Å²) in [5, 5.41) is 8.34. The zero-order valence-corrected chi connectivity index (χ0v) is 5.57. The van der Waals surface area contributed by atoms with Gasteiger partial charge in [-0.1, -0.05) is 0 Å². The summed E-state index contributed by atoms with van der Waals surface area (Å²) >= 11 is 0. The number of cyclic esters (lactones) is 1. The maximum atomic E-state index is 10.6. The molecule has 0 saturated carbocycles. The van der Waals surface area contributed by atoms with Crippen LogP contribution in [-0.4, -0.2) is 28.9 Å². The number of carboxylic acids is 1. The highest BCUT2D eigenvalue weighted by Gasteiger charge is 2.31. The normalized spacial score (nSPS) is 24.5. The summed E-state index contributed by atoms with van der Waals surface area (Å²) in [4.78, 5) is 31.3. The van der Waals surface area contributed by atoms with Crippen molar-refractivity contribution >= 4 is 17.7 Å². The van der Waals surface area contributed by atoms with Gasteiger partial charge >= 0.3 is 11.9 Å². The van der Waals surface area contributed by atoms with E-state index in [1.54, 1.807) is 0 Å². The van der Waals surface area contributed by atoms with Gasteiger partial charge in [0.2, 0.25) is 6.10 Å². The molecule has 0 bridgehead atoms. The summed E-state index contributed by atoms with van der Waals surface area (Å²) in [6.45, 7) is 0. The first-order valence-electron chi connectivity index (χ1n) is 3.03. The van der Waals surface area contributed by atoms with Crippen molar-refractivity contribution in [3.05, 3.63) is 0 Å². The predicted molar refractivity (Wildman–Crippen MR) is 31.8 cm³/mol. The average molecular weight is 158 g/mol. The van der Waals surface area contributed by atoms with Crippen LogP contribution in [0.2, 0.25) is 0 Å². The van der Waals surface area contributed by atoms with Gasteiger partial charge in [-0.3, -0.25) is 9.59 Å². The Balaban J connectivity index is 2.63. The lowest BCUT2D eigenvalue weighted by atomic mass is 10.1. The average Bonchev–Trinajstić information content (AvgIpc) is 1.85. The van der Waals surface area contributed by atoms with Crippen LogP contribution in [-0.2, 0) is 19.1 Å². The van der Waals surface area contributed by atoms with E-state index in [0.29, 0.717) is 0 Å². The molecule has 0 aromatic heterocycles. The molecule has 5 nitrogen and oxygen atoms in total. The molecule has 1 heterocycles. The van der Waals surface area contributed by atoms with Crippen LogP contribution in [0.25, 0.3) is 0 Å². The maximum Gasteiger partial charge on any atom is 0.345 e. The van der Waals surface area contributed by atoms with Crippen LogP contribution in [0.4, 0.5) is 0 Å². The van der Waals surface area contributed by atoms with E-state index in [9.17, 15) is 14.4 Å². The molecule has 1 fully saturated rings. The summed E-state index contributed by atoms with van der Waals surface area (Å²) in [6.07, 6.45) is -1.78. The van der Waals surface area contributed by atoms with Gasteiger partial charge in [0.15, 0.2) is 0 Å². The zero-order valence-electron chi connectivity index (χ0n) is 5.57. The molecule has 1 aliphatic heterocycles. The Bertz CT molecular complexity index is 203. The van der Waals surface area contributed by atoms with Crippen molar-refractivity contribution in [1.82, 2.24) is 0 Å². The number of Topliss-reactive ketones (excluding diaryl/α,β-unsaturated/α-hetero) is 1. The third-order valence-electron chi connectivity index (χ3n) is 1.30. The third-order valence-corrected chi connectivity index (χ3v) is 1.30. The molecule has 0 amide bonds. The summed E-state index contributed by atoms with van der Waals surface area (Å²) in [6, 6.07) is 0. The van der Waals surface area contributed by atoms with Gasteiger partial charge in [0.1, 0.15) is 12.2 Å². The van der Waals surface area contributed by atoms with E-state index in [1.165, 1.54) is 0 Å². The minimum absolute atomic E-state index is 0.207. The second-order valence-corrected chi connectivity index (χ2v) is 2.24. The molecule has 0 spiro atoms. The molecule has 1 N–H and O–H groups in total. The molecule has 0 aliphatic carbocycles. The second kappa shape index (κ2) is 2.69. The molecule has 0 aromatic carbocycles. The van der Waals surface area contributed by atoms with Crippen LogP contribution in [0, 0.1) is 0 Å². The van der Waals surface area contributed by atoms with E-state index < -0.39 is 18.0 Å². The number of hydrogen-bond donors (Lipinski definition) is 1. The quantitative estimate of drug-likeness (QED) is 0.405. The summed E-state index contributed by atoms with van der Waals surface area (Å²) in [5.41, 5.74) is 0. The monoisotopic (exact) mass is 158 g/mol. The fraction of sp³-hybridized carbons (Fsp3) is 0.500. The van der Waals surface area contributed by atoms with Gasteiger partial charge in [-0.2, -0.15) is 0 Å². The third kappa shape index (κ3) is 1.76. The maximum absolute atomic E-state index is 10.6. The molecule has 0 unspecified atom stereocenters. The molecule has 5 heteroatoms. The van der Waals surface area contributed by atoms with Crippen LogP contribution in [0.5, 0.6) is 0 Å². The van der Waals surface area contributed by atoms with E-state index in [0.717, 1.165) is 0 Å². The zero-order chi connectivity index (χ0) is 8.43. The van der Waals surface area contributed by atoms with Crippen LogP contribution >= 0.6 is 0 Å².